The van der Waals surface area contributed by atoms with E-state index in [-0.39, 0.29) is 16.8 Å². The van der Waals surface area contributed by atoms with Gasteiger partial charge in [-0.15, -0.1) is 11.3 Å². The number of nitrogens with zero attached hydrogens (tertiary/aromatic N) is 3. The molecular formula is C11H11ClN4OS. The second-order valence-electron chi connectivity index (χ2n) is 3.56. The van der Waals surface area contributed by atoms with Crippen molar-refractivity contribution in [1.29, 1.82) is 0 Å². The van der Waals surface area contributed by atoms with Crippen molar-refractivity contribution in [1.82, 2.24) is 15.0 Å². The Morgan fingerprint density at radius 2 is 2.22 bits per heavy atom. The van der Waals surface area contributed by atoms with Crippen LogP contribution in [-0.4, -0.2) is 20.9 Å². The van der Waals surface area contributed by atoms with Gasteiger partial charge in [-0.05, 0) is 13.3 Å². The molecule has 2 rings (SSSR count). The highest BCUT2D eigenvalue weighted by Gasteiger charge is 2.12. The highest BCUT2D eigenvalue weighted by Crippen LogP contribution is 2.22. The third kappa shape index (κ3) is 2.83. The lowest BCUT2D eigenvalue weighted by atomic mass is 10.3. The van der Waals surface area contributed by atoms with Crippen molar-refractivity contribution in [2.75, 3.05) is 5.32 Å². The first-order valence-corrected chi connectivity index (χ1v) is 6.54. The van der Waals surface area contributed by atoms with E-state index in [0.717, 1.165) is 17.0 Å². The fourth-order valence-corrected chi connectivity index (χ4v) is 2.47. The maximum Gasteiger partial charge on any atom is 0.277 e. The lowest BCUT2D eigenvalue weighted by Gasteiger charge is -2.00. The van der Waals surface area contributed by atoms with Gasteiger partial charge in [0.15, 0.2) is 5.13 Å². The van der Waals surface area contributed by atoms with Gasteiger partial charge in [-0.1, -0.05) is 18.5 Å². The predicted molar refractivity (Wildman–Crippen MR) is 71.2 cm³/mol. The molecule has 2 heterocycles. The van der Waals surface area contributed by atoms with E-state index in [1.165, 1.54) is 23.7 Å². The molecule has 0 atom stereocenters. The molecule has 0 saturated heterocycles. The third-order valence-corrected chi connectivity index (χ3v) is 3.40. The van der Waals surface area contributed by atoms with Crippen LogP contribution in [0.1, 0.15) is 28.0 Å². The molecule has 0 saturated carbocycles. The molecule has 18 heavy (non-hydrogen) atoms. The van der Waals surface area contributed by atoms with Crippen LogP contribution in [0.2, 0.25) is 5.15 Å². The zero-order valence-electron chi connectivity index (χ0n) is 9.90. The zero-order valence-corrected chi connectivity index (χ0v) is 11.5. The molecule has 0 radical (unpaired) electrons. The first-order valence-electron chi connectivity index (χ1n) is 5.35. The minimum absolute atomic E-state index is 0.174. The highest BCUT2D eigenvalue weighted by molar-refractivity contribution is 7.15. The van der Waals surface area contributed by atoms with Crippen LogP contribution in [0.15, 0.2) is 12.4 Å². The molecule has 0 aromatic carbocycles. The molecule has 0 bridgehead atoms. The van der Waals surface area contributed by atoms with Crippen LogP contribution in [0, 0.1) is 6.92 Å². The van der Waals surface area contributed by atoms with Crippen LogP contribution >= 0.6 is 22.9 Å². The Morgan fingerprint density at radius 3 is 2.83 bits per heavy atom. The number of hydrogen-bond donors (Lipinski definition) is 1. The molecule has 0 aliphatic carbocycles. The third-order valence-electron chi connectivity index (χ3n) is 2.29. The zero-order chi connectivity index (χ0) is 13.1. The summed E-state index contributed by atoms with van der Waals surface area (Å²) in [6.45, 7) is 4.00. The quantitative estimate of drug-likeness (QED) is 0.940. The maximum absolute atomic E-state index is 11.9. The first kappa shape index (κ1) is 12.9. The van der Waals surface area contributed by atoms with Crippen LogP contribution < -0.4 is 5.32 Å². The second kappa shape index (κ2) is 5.41. The molecule has 0 fully saturated rings. The summed E-state index contributed by atoms with van der Waals surface area (Å²) in [6, 6.07) is 0. The summed E-state index contributed by atoms with van der Waals surface area (Å²) in [6.07, 6.45) is 3.58. The first-order chi connectivity index (χ1) is 8.60. The average Bonchev–Trinajstić information content (AvgIpc) is 2.69. The number of anilines is 1. The number of amides is 1. The molecule has 0 unspecified atom stereocenters. The molecule has 5 nitrogen and oxygen atoms in total. The lowest BCUT2D eigenvalue weighted by molar-refractivity contribution is 0.102. The van der Waals surface area contributed by atoms with Gasteiger partial charge in [0, 0.05) is 4.88 Å². The molecule has 2 aromatic rings. The van der Waals surface area contributed by atoms with Crippen LogP contribution in [0.4, 0.5) is 5.13 Å². The molecule has 1 N–H and O–H groups in total. The van der Waals surface area contributed by atoms with Crippen molar-refractivity contribution >= 4 is 34.0 Å². The second-order valence-corrected chi connectivity index (χ2v) is 5.15. The molecule has 0 aliphatic rings. The fraction of sp³-hybridized carbons (Fsp3) is 0.273. The Kier molecular flexibility index (Phi) is 3.88. The minimum atomic E-state index is -0.360. The number of aromatic nitrogens is 3. The highest BCUT2D eigenvalue weighted by atomic mass is 35.5. The number of rotatable bonds is 3. The van der Waals surface area contributed by atoms with Crippen LogP contribution in [0.25, 0.3) is 0 Å². The van der Waals surface area contributed by atoms with Crippen LogP contribution in [0.5, 0.6) is 0 Å². The van der Waals surface area contributed by atoms with Crippen LogP contribution in [0.3, 0.4) is 0 Å². The number of halogens is 1. The van der Waals surface area contributed by atoms with Crippen molar-refractivity contribution < 1.29 is 4.79 Å². The number of hydrogen-bond acceptors (Lipinski definition) is 5. The van der Waals surface area contributed by atoms with E-state index in [2.05, 4.69) is 20.3 Å². The predicted octanol–water partition coefficient (Wildman–Crippen LogP) is 2.71. The molecule has 1 amide bonds. The monoisotopic (exact) mass is 282 g/mol. The number of thiazole rings is 1. The number of nitrogens with one attached hydrogen (secondary N) is 1. The van der Waals surface area contributed by atoms with Crippen molar-refractivity contribution in [3.63, 3.8) is 0 Å². The summed E-state index contributed by atoms with van der Waals surface area (Å²) in [7, 11) is 0. The van der Waals surface area contributed by atoms with Gasteiger partial charge in [0.25, 0.3) is 5.91 Å². The average molecular weight is 283 g/mol. The maximum atomic E-state index is 11.9. The van der Waals surface area contributed by atoms with Crippen LogP contribution in [-0.2, 0) is 6.42 Å². The van der Waals surface area contributed by atoms with E-state index in [4.69, 9.17) is 11.6 Å². The molecule has 2 aromatic heterocycles. The van der Waals surface area contributed by atoms with Gasteiger partial charge in [0.05, 0.1) is 18.1 Å². The van der Waals surface area contributed by atoms with E-state index in [0.29, 0.717) is 5.13 Å². The Morgan fingerprint density at radius 1 is 1.44 bits per heavy atom. The van der Waals surface area contributed by atoms with Gasteiger partial charge >= 0.3 is 0 Å². The Bertz CT molecular complexity index is 584. The Balaban J connectivity index is 2.16. The summed E-state index contributed by atoms with van der Waals surface area (Å²) in [4.78, 5) is 25.0. The molecular weight excluding hydrogens is 272 g/mol. The number of carbonyl (C=O) groups is 1. The number of carbonyl (C=O) groups excluding carboxylic acids is 1. The molecule has 94 valence electrons. The minimum Gasteiger partial charge on any atom is -0.296 e. The van der Waals surface area contributed by atoms with Gasteiger partial charge in [-0.2, -0.15) is 0 Å². The van der Waals surface area contributed by atoms with Crippen molar-refractivity contribution in [2.45, 2.75) is 20.3 Å². The summed E-state index contributed by atoms with van der Waals surface area (Å²) in [5.41, 5.74) is 1.17. The van der Waals surface area contributed by atoms with E-state index in [1.807, 2.05) is 13.8 Å². The fourth-order valence-electron chi connectivity index (χ4n) is 1.42. The van der Waals surface area contributed by atoms with Gasteiger partial charge in [0.1, 0.15) is 10.8 Å². The topological polar surface area (TPSA) is 67.8 Å². The smallest absolute Gasteiger partial charge is 0.277 e. The lowest BCUT2D eigenvalue weighted by Crippen LogP contribution is -2.13. The van der Waals surface area contributed by atoms with E-state index in [9.17, 15) is 4.79 Å². The SMILES string of the molecule is CCc1nc(NC(=O)c2cncc(Cl)n2)sc1C. The molecule has 7 heteroatoms. The standard InChI is InChI=1S/C11H11ClN4OS/c1-3-7-6(2)18-11(15-7)16-10(17)8-4-13-5-9(12)14-8/h4-5H,3H2,1-2H3,(H,15,16,17). The Hall–Kier alpha value is -1.53. The summed E-state index contributed by atoms with van der Waals surface area (Å²) >= 11 is 7.12. The molecule has 0 spiro atoms. The van der Waals surface area contributed by atoms with E-state index in [1.54, 1.807) is 0 Å². The number of aryl methyl sites for hydroxylation is 2. The van der Waals surface area contributed by atoms with E-state index < -0.39 is 0 Å². The van der Waals surface area contributed by atoms with Crippen molar-refractivity contribution in [3.8, 4) is 0 Å². The summed E-state index contributed by atoms with van der Waals surface area (Å²) < 4.78 is 0. The van der Waals surface area contributed by atoms with Gasteiger partial charge < -0.3 is 0 Å². The van der Waals surface area contributed by atoms with Crippen molar-refractivity contribution in [2.24, 2.45) is 0 Å². The largest absolute Gasteiger partial charge is 0.296 e. The van der Waals surface area contributed by atoms with Crippen molar-refractivity contribution in [3.05, 3.63) is 33.8 Å². The molecule has 0 aliphatic heterocycles. The van der Waals surface area contributed by atoms with E-state index >= 15 is 0 Å². The van der Waals surface area contributed by atoms with Gasteiger partial charge in [0.2, 0.25) is 0 Å². The van der Waals surface area contributed by atoms with Gasteiger partial charge in [-0.25, -0.2) is 9.97 Å². The summed E-state index contributed by atoms with van der Waals surface area (Å²) in [5, 5.41) is 3.44. The Labute approximate surface area is 113 Å². The summed E-state index contributed by atoms with van der Waals surface area (Å²) in [5.74, 6) is -0.360. The normalized spacial score (nSPS) is 10.4. The van der Waals surface area contributed by atoms with Gasteiger partial charge in [-0.3, -0.25) is 15.1 Å².